The summed E-state index contributed by atoms with van der Waals surface area (Å²) < 4.78 is 16.0. The van der Waals surface area contributed by atoms with E-state index in [0.717, 1.165) is 0 Å². The highest BCUT2D eigenvalue weighted by Crippen LogP contribution is 2.38. The van der Waals surface area contributed by atoms with Crippen LogP contribution in [-0.2, 0) is 11.4 Å². The van der Waals surface area contributed by atoms with Crippen molar-refractivity contribution in [2.75, 3.05) is 27.9 Å². The summed E-state index contributed by atoms with van der Waals surface area (Å²) in [5.74, 6) is 1.04. The van der Waals surface area contributed by atoms with Gasteiger partial charge in [0.25, 0.3) is 5.91 Å². The lowest BCUT2D eigenvalue weighted by Gasteiger charge is -2.22. The Bertz CT molecular complexity index is 462. The van der Waals surface area contributed by atoms with Gasteiger partial charge in [-0.1, -0.05) is 0 Å². The lowest BCUT2D eigenvalue weighted by Crippen LogP contribution is -2.36. The highest BCUT2D eigenvalue weighted by atomic mass is 16.5. The molecule has 0 aliphatic rings. The third kappa shape index (κ3) is 4.26. The van der Waals surface area contributed by atoms with Crippen molar-refractivity contribution in [1.82, 2.24) is 4.90 Å². The number of hydrogen-bond donors (Lipinski definition) is 1. The van der Waals surface area contributed by atoms with Gasteiger partial charge in [-0.25, -0.2) is 0 Å². The van der Waals surface area contributed by atoms with E-state index in [1.807, 2.05) is 13.8 Å². The zero-order valence-electron chi connectivity index (χ0n) is 13.2. The third-order valence-corrected chi connectivity index (χ3v) is 3.21. The smallest absolute Gasteiger partial charge is 0.260 e. The molecule has 118 valence electrons. The molecule has 0 unspecified atom stereocenters. The van der Waals surface area contributed by atoms with Crippen LogP contribution >= 0.6 is 0 Å². The van der Waals surface area contributed by atoms with E-state index in [4.69, 9.17) is 14.2 Å². The normalized spacial score (nSPS) is 10.4. The van der Waals surface area contributed by atoms with Crippen molar-refractivity contribution in [1.29, 1.82) is 0 Å². The average Bonchev–Trinajstić information content (AvgIpc) is 2.50. The molecule has 0 saturated heterocycles. The molecule has 0 aliphatic heterocycles. The molecule has 0 atom stereocenters. The maximum Gasteiger partial charge on any atom is 0.260 e. The molecule has 0 fully saturated rings. The van der Waals surface area contributed by atoms with E-state index in [2.05, 4.69) is 0 Å². The van der Waals surface area contributed by atoms with Gasteiger partial charge in [0.2, 0.25) is 5.75 Å². The largest absolute Gasteiger partial charge is 0.493 e. The van der Waals surface area contributed by atoms with Crippen LogP contribution in [0.15, 0.2) is 12.1 Å². The van der Waals surface area contributed by atoms with Crippen molar-refractivity contribution in [2.24, 2.45) is 0 Å². The fourth-order valence-electron chi connectivity index (χ4n) is 1.69. The highest BCUT2D eigenvalue weighted by Gasteiger charge is 2.18. The van der Waals surface area contributed by atoms with Crippen LogP contribution < -0.4 is 14.2 Å². The van der Waals surface area contributed by atoms with E-state index < -0.39 is 0 Å². The Kier molecular flexibility index (Phi) is 6.30. The summed E-state index contributed by atoms with van der Waals surface area (Å²) in [5, 5.41) is 9.21. The van der Waals surface area contributed by atoms with Gasteiger partial charge >= 0.3 is 0 Å². The Labute approximate surface area is 125 Å². The fraction of sp³-hybridized carbons (Fsp3) is 0.533. The Morgan fingerprint density at radius 1 is 1.24 bits per heavy atom. The molecule has 1 rings (SSSR count). The first-order valence-corrected chi connectivity index (χ1v) is 6.68. The number of benzene rings is 1. The van der Waals surface area contributed by atoms with Crippen LogP contribution in [0.3, 0.4) is 0 Å². The van der Waals surface area contributed by atoms with Crippen molar-refractivity contribution < 1.29 is 24.1 Å². The zero-order valence-corrected chi connectivity index (χ0v) is 13.2. The molecular formula is C15H23NO5. The van der Waals surface area contributed by atoms with E-state index >= 15 is 0 Å². The molecule has 0 aliphatic carbocycles. The van der Waals surface area contributed by atoms with Crippen molar-refractivity contribution in [3.8, 4) is 17.2 Å². The van der Waals surface area contributed by atoms with Gasteiger partial charge in [-0.2, -0.15) is 0 Å². The van der Waals surface area contributed by atoms with Crippen LogP contribution in [0.25, 0.3) is 0 Å². The van der Waals surface area contributed by atoms with E-state index in [1.54, 1.807) is 24.1 Å². The number of likely N-dealkylation sites (N-methyl/N-ethyl adjacent to an activating group) is 1. The standard InChI is InChI=1S/C15H23NO5/c1-10(2)16(3)14(18)9-21-15-12(19-4)6-11(8-17)7-13(15)20-5/h6-7,10,17H,8-9H2,1-5H3. The maximum absolute atomic E-state index is 12.0. The van der Waals surface area contributed by atoms with Gasteiger partial charge in [0, 0.05) is 13.1 Å². The fourth-order valence-corrected chi connectivity index (χ4v) is 1.69. The molecule has 6 nitrogen and oxygen atoms in total. The number of carbonyl (C=O) groups excluding carboxylic acids is 1. The topological polar surface area (TPSA) is 68.2 Å². The van der Waals surface area contributed by atoms with Crippen LogP contribution in [-0.4, -0.2) is 49.8 Å². The second-order valence-electron chi connectivity index (χ2n) is 4.87. The molecule has 1 amide bonds. The minimum absolute atomic E-state index is 0.0988. The molecule has 0 aromatic heterocycles. The van der Waals surface area contributed by atoms with Crippen molar-refractivity contribution >= 4 is 5.91 Å². The van der Waals surface area contributed by atoms with Gasteiger partial charge in [0.05, 0.1) is 20.8 Å². The number of ether oxygens (including phenoxy) is 3. The van der Waals surface area contributed by atoms with Gasteiger partial charge in [-0.3, -0.25) is 4.79 Å². The summed E-state index contributed by atoms with van der Waals surface area (Å²) in [4.78, 5) is 13.6. The Morgan fingerprint density at radius 2 is 1.76 bits per heavy atom. The molecule has 0 bridgehead atoms. The Balaban J connectivity index is 2.94. The van der Waals surface area contributed by atoms with Crippen molar-refractivity contribution in [3.63, 3.8) is 0 Å². The van der Waals surface area contributed by atoms with Crippen LogP contribution in [0.2, 0.25) is 0 Å². The van der Waals surface area contributed by atoms with E-state index in [-0.39, 0.29) is 25.2 Å². The predicted molar refractivity (Wildman–Crippen MR) is 78.9 cm³/mol. The molecule has 1 N–H and O–H groups in total. The Hall–Kier alpha value is -1.95. The first-order chi connectivity index (χ1) is 9.94. The quantitative estimate of drug-likeness (QED) is 0.825. The van der Waals surface area contributed by atoms with Crippen molar-refractivity contribution in [3.05, 3.63) is 17.7 Å². The first kappa shape index (κ1) is 17.1. The monoisotopic (exact) mass is 297 g/mol. The number of nitrogens with zero attached hydrogens (tertiary/aromatic N) is 1. The number of amides is 1. The lowest BCUT2D eigenvalue weighted by molar-refractivity contribution is -0.133. The summed E-state index contributed by atoms with van der Waals surface area (Å²) in [5.41, 5.74) is 0.640. The molecule has 0 heterocycles. The van der Waals surface area contributed by atoms with Crippen LogP contribution in [0.1, 0.15) is 19.4 Å². The van der Waals surface area contributed by atoms with Gasteiger partial charge < -0.3 is 24.2 Å². The number of rotatable bonds is 7. The van der Waals surface area contributed by atoms with Gasteiger partial charge in [0.15, 0.2) is 18.1 Å². The summed E-state index contributed by atoms with van der Waals surface area (Å²) >= 11 is 0. The van der Waals surface area contributed by atoms with Gasteiger partial charge in [0.1, 0.15) is 0 Å². The summed E-state index contributed by atoms with van der Waals surface area (Å²) in [6, 6.07) is 3.39. The number of aliphatic hydroxyl groups is 1. The van der Waals surface area contributed by atoms with Crippen LogP contribution in [0, 0.1) is 0 Å². The minimum atomic E-state index is -0.139. The Morgan fingerprint density at radius 3 is 2.14 bits per heavy atom. The highest BCUT2D eigenvalue weighted by molar-refractivity contribution is 5.78. The van der Waals surface area contributed by atoms with E-state index in [1.165, 1.54) is 14.2 Å². The summed E-state index contributed by atoms with van der Waals surface area (Å²) in [6.45, 7) is 3.60. The van der Waals surface area contributed by atoms with E-state index in [0.29, 0.717) is 22.8 Å². The second kappa shape index (κ2) is 7.73. The van der Waals surface area contributed by atoms with E-state index in [9.17, 15) is 9.90 Å². The molecule has 1 aromatic carbocycles. The molecule has 1 aromatic rings. The van der Waals surface area contributed by atoms with Gasteiger partial charge in [-0.05, 0) is 31.5 Å². The van der Waals surface area contributed by atoms with Crippen LogP contribution in [0.5, 0.6) is 17.2 Å². The second-order valence-corrected chi connectivity index (χ2v) is 4.87. The van der Waals surface area contributed by atoms with Crippen LogP contribution in [0.4, 0.5) is 0 Å². The first-order valence-electron chi connectivity index (χ1n) is 6.68. The lowest BCUT2D eigenvalue weighted by atomic mass is 10.2. The molecule has 0 spiro atoms. The maximum atomic E-state index is 12.0. The number of hydrogen-bond acceptors (Lipinski definition) is 5. The predicted octanol–water partition coefficient (Wildman–Crippen LogP) is 1.44. The number of carbonyl (C=O) groups is 1. The summed E-state index contributed by atoms with van der Waals surface area (Å²) in [7, 11) is 4.70. The third-order valence-electron chi connectivity index (χ3n) is 3.21. The minimum Gasteiger partial charge on any atom is -0.493 e. The SMILES string of the molecule is COc1cc(CO)cc(OC)c1OCC(=O)N(C)C(C)C. The molecular weight excluding hydrogens is 274 g/mol. The molecule has 0 saturated carbocycles. The van der Waals surface area contributed by atoms with Crippen molar-refractivity contribution in [2.45, 2.75) is 26.5 Å². The van der Waals surface area contributed by atoms with Gasteiger partial charge in [-0.15, -0.1) is 0 Å². The zero-order chi connectivity index (χ0) is 16.0. The average molecular weight is 297 g/mol. The molecule has 6 heteroatoms. The molecule has 0 radical (unpaired) electrons. The molecule has 21 heavy (non-hydrogen) atoms. The summed E-state index contributed by atoms with van der Waals surface area (Å²) in [6.07, 6.45) is 0. The number of aliphatic hydroxyl groups excluding tert-OH is 1. The number of methoxy groups -OCH3 is 2.